The number of carbonyl (C=O) groups is 1. The Morgan fingerprint density at radius 3 is 2.66 bits per heavy atom. The summed E-state index contributed by atoms with van der Waals surface area (Å²) in [6.45, 7) is 8.20. The zero-order valence-electron chi connectivity index (χ0n) is 18.0. The van der Waals surface area contributed by atoms with Crippen LogP contribution < -0.4 is 15.4 Å². The van der Waals surface area contributed by atoms with Crippen molar-refractivity contribution in [1.29, 1.82) is 0 Å². The van der Waals surface area contributed by atoms with E-state index < -0.39 is 0 Å². The standard InChI is InChI=1S/C19H27N5O3.C2H6/c1-4-6-14(9-10-25)24-18-17(11-21-13(2)22-18)27-12-15-7-5-8-16(23-15)19(26)20-3;1-2/h5,7-8,11,14,25H,4,6,9-10,12H2,1-3H3,(H,20,26)(H,21,22,24);1-2H3. The van der Waals surface area contributed by atoms with Crippen LogP contribution in [0.5, 0.6) is 5.75 Å². The van der Waals surface area contributed by atoms with Crippen LogP contribution in [-0.4, -0.2) is 45.7 Å². The molecule has 8 nitrogen and oxygen atoms in total. The Labute approximate surface area is 173 Å². The fraction of sp³-hybridized carbons (Fsp3) is 0.524. The molecule has 0 aliphatic rings. The van der Waals surface area contributed by atoms with E-state index in [4.69, 9.17) is 4.74 Å². The number of ether oxygens (including phenoxy) is 1. The minimum Gasteiger partial charge on any atom is -0.482 e. The quantitative estimate of drug-likeness (QED) is 0.559. The van der Waals surface area contributed by atoms with E-state index in [0.29, 0.717) is 35.2 Å². The van der Waals surface area contributed by atoms with E-state index >= 15 is 0 Å². The summed E-state index contributed by atoms with van der Waals surface area (Å²) in [6.07, 6.45) is 4.16. The van der Waals surface area contributed by atoms with E-state index in [2.05, 4.69) is 32.5 Å². The Kier molecular flexibility index (Phi) is 11.3. The van der Waals surface area contributed by atoms with Gasteiger partial charge in [0.15, 0.2) is 11.6 Å². The Hall–Kier alpha value is -2.74. The highest BCUT2D eigenvalue weighted by atomic mass is 16.5. The molecule has 0 aliphatic carbocycles. The highest BCUT2D eigenvalue weighted by molar-refractivity contribution is 5.91. The van der Waals surface area contributed by atoms with Gasteiger partial charge in [0.2, 0.25) is 0 Å². The van der Waals surface area contributed by atoms with E-state index in [0.717, 1.165) is 12.8 Å². The minimum absolute atomic E-state index is 0.103. The number of amides is 1. The smallest absolute Gasteiger partial charge is 0.269 e. The van der Waals surface area contributed by atoms with Crippen LogP contribution in [0.15, 0.2) is 24.4 Å². The van der Waals surface area contributed by atoms with Gasteiger partial charge in [-0.25, -0.2) is 15.0 Å². The second-order valence-electron chi connectivity index (χ2n) is 6.15. The highest BCUT2D eigenvalue weighted by Gasteiger charge is 2.14. The van der Waals surface area contributed by atoms with Gasteiger partial charge in [0.05, 0.1) is 11.9 Å². The normalized spacial score (nSPS) is 11.1. The number of hydrogen-bond donors (Lipinski definition) is 3. The van der Waals surface area contributed by atoms with Gasteiger partial charge in [-0.2, -0.15) is 0 Å². The molecule has 0 saturated heterocycles. The zero-order chi connectivity index (χ0) is 21.6. The third kappa shape index (κ3) is 8.03. The number of carbonyl (C=O) groups excluding carboxylic acids is 1. The summed E-state index contributed by atoms with van der Waals surface area (Å²) in [5.41, 5.74) is 0.964. The monoisotopic (exact) mass is 403 g/mol. The number of aliphatic hydroxyl groups excluding tert-OH is 1. The van der Waals surface area contributed by atoms with Crippen molar-refractivity contribution in [2.45, 2.75) is 59.6 Å². The summed E-state index contributed by atoms with van der Waals surface area (Å²) in [4.78, 5) is 24.6. The van der Waals surface area contributed by atoms with E-state index in [-0.39, 0.29) is 25.2 Å². The lowest BCUT2D eigenvalue weighted by Crippen LogP contribution is -2.22. The summed E-state index contributed by atoms with van der Waals surface area (Å²) in [5.74, 6) is 1.48. The molecule has 29 heavy (non-hydrogen) atoms. The van der Waals surface area contributed by atoms with Crippen molar-refractivity contribution >= 4 is 11.7 Å². The molecular weight excluding hydrogens is 370 g/mol. The van der Waals surface area contributed by atoms with Gasteiger partial charge >= 0.3 is 0 Å². The fourth-order valence-electron chi connectivity index (χ4n) is 2.62. The second-order valence-corrected chi connectivity index (χ2v) is 6.15. The molecule has 0 bridgehead atoms. The first-order valence-corrected chi connectivity index (χ1v) is 10.1. The van der Waals surface area contributed by atoms with E-state index in [1.165, 1.54) is 0 Å². The highest BCUT2D eigenvalue weighted by Crippen LogP contribution is 2.24. The number of aliphatic hydroxyl groups is 1. The molecule has 2 aromatic heterocycles. The molecule has 8 heteroatoms. The number of aryl methyl sites for hydroxylation is 1. The third-order valence-corrected chi connectivity index (χ3v) is 3.97. The Morgan fingerprint density at radius 2 is 2.00 bits per heavy atom. The lowest BCUT2D eigenvalue weighted by molar-refractivity contribution is 0.0957. The maximum Gasteiger partial charge on any atom is 0.269 e. The summed E-state index contributed by atoms with van der Waals surface area (Å²) in [7, 11) is 1.56. The first kappa shape index (κ1) is 24.3. The largest absolute Gasteiger partial charge is 0.482 e. The van der Waals surface area contributed by atoms with Crippen molar-refractivity contribution in [1.82, 2.24) is 20.3 Å². The van der Waals surface area contributed by atoms with Crippen molar-refractivity contribution in [2.24, 2.45) is 0 Å². The van der Waals surface area contributed by atoms with Crippen LogP contribution in [0.25, 0.3) is 0 Å². The molecule has 0 radical (unpaired) electrons. The molecule has 0 spiro atoms. The van der Waals surface area contributed by atoms with Gasteiger partial charge in [-0.05, 0) is 31.9 Å². The maximum absolute atomic E-state index is 11.7. The van der Waals surface area contributed by atoms with E-state index in [1.54, 1.807) is 31.4 Å². The average molecular weight is 404 g/mol. The lowest BCUT2D eigenvalue weighted by atomic mass is 10.1. The van der Waals surface area contributed by atoms with Crippen LogP contribution >= 0.6 is 0 Å². The van der Waals surface area contributed by atoms with Gasteiger partial charge in [-0.3, -0.25) is 4.79 Å². The van der Waals surface area contributed by atoms with Gasteiger partial charge in [0.1, 0.15) is 18.1 Å². The lowest BCUT2D eigenvalue weighted by Gasteiger charge is -2.20. The Bertz CT molecular complexity index is 749. The third-order valence-electron chi connectivity index (χ3n) is 3.97. The van der Waals surface area contributed by atoms with Crippen molar-refractivity contribution in [3.8, 4) is 5.75 Å². The number of nitrogens with one attached hydrogen (secondary N) is 2. The van der Waals surface area contributed by atoms with Crippen molar-refractivity contribution in [2.75, 3.05) is 19.0 Å². The van der Waals surface area contributed by atoms with Crippen molar-refractivity contribution < 1.29 is 14.6 Å². The molecular formula is C21H33N5O3. The first-order valence-electron chi connectivity index (χ1n) is 10.1. The predicted octanol–water partition coefficient (Wildman–Crippen LogP) is 3.11. The van der Waals surface area contributed by atoms with E-state index in [1.807, 2.05) is 20.8 Å². The zero-order valence-corrected chi connectivity index (χ0v) is 18.0. The molecule has 0 fully saturated rings. The number of hydrogen-bond acceptors (Lipinski definition) is 7. The molecule has 0 aliphatic heterocycles. The van der Waals surface area contributed by atoms with Gasteiger partial charge < -0.3 is 20.5 Å². The van der Waals surface area contributed by atoms with Gasteiger partial charge in [0, 0.05) is 19.7 Å². The second kappa shape index (κ2) is 13.4. The Balaban J connectivity index is 0.00000204. The topological polar surface area (TPSA) is 109 Å². The van der Waals surface area contributed by atoms with E-state index in [9.17, 15) is 9.90 Å². The number of anilines is 1. The van der Waals surface area contributed by atoms with Crippen LogP contribution in [0.3, 0.4) is 0 Å². The SMILES string of the molecule is CC.CCCC(CCO)Nc1nc(C)ncc1OCc1cccc(C(=O)NC)n1. The molecule has 2 rings (SSSR count). The van der Waals surface area contributed by atoms with Gasteiger partial charge in [-0.15, -0.1) is 0 Å². The summed E-state index contributed by atoms with van der Waals surface area (Å²) in [5, 5.41) is 15.2. The number of pyridine rings is 1. The number of rotatable bonds is 10. The summed E-state index contributed by atoms with van der Waals surface area (Å²) >= 11 is 0. The van der Waals surface area contributed by atoms with Crippen molar-refractivity contribution in [3.63, 3.8) is 0 Å². The molecule has 0 saturated carbocycles. The molecule has 0 aromatic carbocycles. The predicted molar refractivity (Wildman–Crippen MR) is 114 cm³/mol. The molecule has 1 amide bonds. The summed E-state index contributed by atoms with van der Waals surface area (Å²) < 4.78 is 5.86. The molecule has 2 heterocycles. The number of aromatic nitrogens is 3. The van der Waals surface area contributed by atoms with Crippen LogP contribution in [0.4, 0.5) is 5.82 Å². The van der Waals surface area contributed by atoms with Crippen LogP contribution in [-0.2, 0) is 6.61 Å². The number of nitrogens with zero attached hydrogens (tertiary/aromatic N) is 3. The van der Waals surface area contributed by atoms with Crippen LogP contribution in [0.2, 0.25) is 0 Å². The fourth-order valence-corrected chi connectivity index (χ4v) is 2.62. The average Bonchev–Trinajstić information content (AvgIpc) is 2.74. The van der Waals surface area contributed by atoms with Crippen molar-refractivity contribution in [3.05, 3.63) is 41.6 Å². The maximum atomic E-state index is 11.7. The van der Waals surface area contributed by atoms with Gasteiger partial charge in [0.25, 0.3) is 5.91 Å². The molecule has 2 aromatic rings. The minimum atomic E-state index is -0.246. The first-order chi connectivity index (χ1) is 14.1. The summed E-state index contributed by atoms with van der Waals surface area (Å²) in [6, 6.07) is 5.31. The van der Waals surface area contributed by atoms with Crippen LogP contribution in [0, 0.1) is 6.92 Å². The molecule has 1 unspecified atom stereocenters. The molecule has 1 atom stereocenters. The molecule has 160 valence electrons. The Morgan fingerprint density at radius 1 is 1.24 bits per heavy atom. The molecule has 3 N–H and O–H groups in total. The van der Waals surface area contributed by atoms with Crippen LogP contribution in [0.1, 0.15) is 62.0 Å². The van der Waals surface area contributed by atoms with Gasteiger partial charge in [-0.1, -0.05) is 33.3 Å².